The van der Waals surface area contributed by atoms with E-state index < -0.39 is 0 Å². The number of nitrogen functional groups attached to an aromatic ring is 1. The molecule has 25 heavy (non-hydrogen) atoms. The zero-order valence-electron chi connectivity index (χ0n) is 15.0. The molecule has 2 aromatic heterocycles. The molecule has 1 aliphatic rings. The molecule has 7 heteroatoms. The third-order valence-corrected chi connectivity index (χ3v) is 4.68. The Morgan fingerprint density at radius 3 is 2.36 bits per heavy atom. The Kier molecular flexibility index (Phi) is 4.83. The quantitative estimate of drug-likeness (QED) is 0.905. The minimum Gasteiger partial charge on any atom is -0.368 e. The van der Waals surface area contributed by atoms with Crippen molar-refractivity contribution in [2.45, 2.75) is 27.2 Å². The number of pyridine rings is 1. The summed E-state index contributed by atoms with van der Waals surface area (Å²) in [6.07, 6.45) is 2.13. The molecule has 0 radical (unpaired) electrons. The van der Waals surface area contributed by atoms with Crippen molar-refractivity contribution in [2.24, 2.45) is 0 Å². The number of hydrogen-bond donors (Lipinski definition) is 1. The average molecular weight is 340 g/mol. The van der Waals surface area contributed by atoms with E-state index in [4.69, 9.17) is 5.73 Å². The number of carbonyl (C=O) groups is 1. The summed E-state index contributed by atoms with van der Waals surface area (Å²) in [4.78, 5) is 29.6. The second-order valence-corrected chi connectivity index (χ2v) is 6.42. The second-order valence-electron chi connectivity index (χ2n) is 6.42. The lowest BCUT2D eigenvalue weighted by atomic mass is 10.1. The first-order chi connectivity index (χ1) is 12.0. The van der Waals surface area contributed by atoms with Gasteiger partial charge in [0.2, 0.25) is 11.9 Å². The molecule has 7 nitrogen and oxygen atoms in total. The van der Waals surface area contributed by atoms with Gasteiger partial charge in [-0.1, -0.05) is 6.07 Å². The number of carbonyl (C=O) groups excluding carboxylic acids is 1. The lowest BCUT2D eigenvalue weighted by Crippen LogP contribution is -2.49. The molecular weight excluding hydrogens is 316 g/mol. The molecule has 0 bridgehead atoms. The van der Waals surface area contributed by atoms with Gasteiger partial charge in [-0.05, 0) is 32.4 Å². The third kappa shape index (κ3) is 3.70. The standard InChI is InChI=1S/C18H24N6O/c1-12-5-4-6-20-17(12)24-9-7-23(8-10-24)16(25)11-15-13(2)21-18(19)22-14(15)3/h4-6H,7-11H2,1-3H3,(H2,19,21,22). The number of aryl methyl sites for hydroxylation is 3. The SMILES string of the molecule is Cc1cccnc1N1CCN(C(=O)Cc2c(C)nc(N)nc2C)CC1. The fourth-order valence-electron chi connectivity index (χ4n) is 3.26. The molecule has 0 unspecified atom stereocenters. The summed E-state index contributed by atoms with van der Waals surface area (Å²) in [6.45, 7) is 8.78. The fraction of sp³-hybridized carbons (Fsp3) is 0.444. The van der Waals surface area contributed by atoms with Gasteiger partial charge in [0.1, 0.15) is 5.82 Å². The van der Waals surface area contributed by atoms with Crippen molar-refractivity contribution in [3.8, 4) is 0 Å². The van der Waals surface area contributed by atoms with E-state index >= 15 is 0 Å². The molecule has 0 aliphatic carbocycles. The highest BCUT2D eigenvalue weighted by atomic mass is 16.2. The van der Waals surface area contributed by atoms with Crippen LogP contribution >= 0.6 is 0 Å². The third-order valence-electron chi connectivity index (χ3n) is 4.68. The average Bonchev–Trinajstić information content (AvgIpc) is 2.58. The Balaban J connectivity index is 1.64. The fourth-order valence-corrected chi connectivity index (χ4v) is 3.26. The molecule has 1 amide bonds. The van der Waals surface area contributed by atoms with Crippen LogP contribution in [0.2, 0.25) is 0 Å². The van der Waals surface area contributed by atoms with Crippen LogP contribution < -0.4 is 10.6 Å². The summed E-state index contributed by atoms with van der Waals surface area (Å²) in [7, 11) is 0. The van der Waals surface area contributed by atoms with Gasteiger partial charge in [0, 0.05) is 49.3 Å². The molecule has 2 N–H and O–H groups in total. The minimum atomic E-state index is 0.108. The van der Waals surface area contributed by atoms with Crippen molar-refractivity contribution < 1.29 is 4.79 Å². The van der Waals surface area contributed by atoms with Crippen molar-refractivity contribution in [1.29, 1.82) is 0 Å². The van der Waals surface area contributed by atoms with Crippen molar-refractivity contribution in [2.75, 3.05) is 36.8 Å². The van der Waals surface area contributed by atoms with Gasteiger partial charge in [0.05, 0.1) is 6.42 Å². The predicted octanol–water partition coefficient (Wildman–Crippen LogP) is 1.27. The zero-order chi connectivity index (χ0) is 18.0. The van der Waals surface area contributed by atoms with Crippen molar-refractivity contribution in [3.05, 3.63) is 40.8 Å². The van der Waals surface area contributed by atoms with Crippen molar-refractivity contribution in [1.82, 2.24) is 19.9 Å². The summed E-state index contributed by atoms with van der Waals surface area (Å²) >= 11 is 0. The number of hydrogen-bond acceptors (Lipinski definition) is 6. The normalized spacial score (nSPS) is 14.7. The molecule has 0 atom stereocenters. The number of rotatable bonds is 3. The van der Waals surface area contributed by atoms with Crippen LogP contribution in [0.3, 0.4) is 0 Å². The summed E-state index contributed by atoms with van der Waals surface area (Å²) in [5, 5.41) is 0. The van der Waals surface area contributed by atoms with Gasteiger partial charge in [-0.25, -0.2) is 15.0 Å². The van der Waals surface area contributed by atoms with E-state index in [0.717, 1.165) is 41.4 Å². The molecule has 2 aromatic rings. The highest BCUT2D eigenvalue weighted by Gasteiger charge is 2.24. The molecule has 1 fully saturated rings. The van der Waals surface area contributed by atoms with E-state index in [-0.39, 0.29) is 11.9 Å². The summed E-state index contributed by atoms with van der Waals surface area (Å²) in [5.41, 5.74) is 9.25. The van der Waals surface area contributed by atoms with Crippen LogP contribution in [-0.2, 0) is 11.2 Å². The van der Waals surface area contributed by atoms with Crippen LogP contribution in [0, 0.1) is 20.8 Å². The number of nitrogens with two attached hydrogens (primary N) is 1. The van der Waals surface area contributed by atoms with Crippen LogP contribution in [0.1, 0.15) is 22.5 Å². The van der Waals surface area contributed by atoms with Gasteiger partial charge in [-0.15, -0.1) is 0 Å². The lowest BCUT2D eigenvalue weighted by molar-refractivity contribution is -0.130. The first kappa shape index (κ1) is 17.1. The Hall–Kier alpha value is -2.70. The molecule has 1 saturated heterocycles. The summed E-state index contributed by atoms with van der Waals surface area (Å²) in [5.74, 6) is 1.37. The second kappa shape index (κ2) is 7.04. The highest BCUT2D eigenvalue weighted by molar-refractivity contribution is 5.79. The topological polar surface area (TPSA) is 88.2 Å². The molecule has 3 heterocycles. The van der Waals surface area contributed by atoms with Crippen LogP contribution in [0.4, 0.5) is 11.8 Å². The minimum absolute atomic E-state index is 0.108. The summed E-state index contributed by atoms with van der Waals surface area (Å²) < 4.78 is 0. The highest BCUT2D eigenvalue weighted by Crippen LogP contribution is 2.19. The van der Waals surface area contributed by atoms with Crippen LogP contribution in [-0.4, -0.2) is 51.9 Å². The number of nitrogens with zero attached hydrogens (tertiary/aromatic N) is 5. The Labute approximate surface area is 147 Å². The first-order valence-corrected chi connectivity index (χ1v) is 8.49. The zero-order valence-corrected chi connectivity index (χ0v) is 15.0. The van der Waals surface area contributed by atoms with Crippen LogP contribution in [0.5, 0.6) is 0 Å². The van der Waals surface area contributed by atoms with Gasteiger partial charge in [-0.3, -0.25) is 4.79 Å². The molecule has 1 aliphatic heterocycles. The number of amides is 1. The van der Waals surface area contributed by atoms with Crippen LogP contribution in [0.15, 0.2) is 18.3 Å². The largest absolute Gasteiger partial charge is 0.368 e. The lowest BCUT2D eigenvalue weighted by Gasteiger charge is -2.36. The Bertz CT molecular complexity index is 760. The predicted molar refractivity (Wildman–Crippen MR) is 97.4 cm³/mol. The Morgan fingerprint density at radius 1 is 1.12 bits per heavy atom. The van der Waals surface area contributed by atoms with Gasteiger partial charge < -0.3 is 15.5 Å². The number of anilines is 2. The molecule has 0 spiro atoms. The van der Waals surface area contributed by atoms with E-state index in [1.807, 2.05) is 31.0 Å². The maximum absolute atomic E-state index is 12.7. The monoisotopic (exact) mass is 340 g/mol. The maximum atomic E-state index is 12.7. The van der Waals surface area contributed by atoms with Gasteiger partial charge in [-0.2, -0.15) is 0 Å². The van der Waals surface area contributed by atoms with Gasteiger partial charge in [0.15, 0.2) is 0 Å². The number of piperazine rings is 1. The van der Waals surface area contributed by atoms with E-state index in [1.54, 1.807) is 0 Å². The smallest absolute Gasteiger partial charge is 0.227 e. The van der Waals surface area contributed by atoms with Crippen LogP contribution in [0.25, 0.3) is 0 Å². The van der Waals surface area contributed by atoms with E-state index in [2.05, 4.69) is 32.8 Å². The summed E-state index contributed by atoms with van der Waals surface area (Å²) in [6, 6.07) is 4.00. The molecule has 0 saturated carbocycles. The van der Waals surface area contributed by atoms with Gasteiger partial charge in [0.25, 0.3) is 0 Å². The molecular formula is C18H24N6O. The molecule has 132 valence electrons. The van der Waals surface area contributed by atoms with E-state index in [9.17, 15) is 4.79 Å². The number of aromatic nitrogens is 3. The van der Waals surface area contributed by atoms with Crippen molar-refractivity contribution >= 4 is 17.7 Å². The Morgan fingerprint density at radius 2 is 1.76 bits per heavy atom. The first-order valence-electron chi connectivity index (χ1n) is 8.49. The van der Waals surface area contributed by atoms with E-state index in [0.29, 0.717) is 19.5 Å². The van der Waals surface area contributed by atoms with Gasteiger partial charge >= 0.3 is 0 Å². The van der Waals surface area contributed by atoms with E-state index in [1.165, 1.54) is 0 Å². The molecule has 0 aromatic carbocycles. The van der Waals surface area contributed by atoms with Crippen molar-refractivity contribution in [3.63, 3.8) is 0 Å². The molecule has 3 rings (SSSR count). The maximum Gasteiger partial charge on any atom is 0.227 e.